The van der Waals surface area contributed by atoms with Gasteiger partial charge in [-0.1, -0.05) is 6.08 Å². The van der Waals surface area contributed by atoms with Crippen LogP contribution < -0.4 is 15.1 Å². The number of aliphatic carboxylic acids is 1. The Hall–Kier alpha value is -4.02. The normalized spacial score (nSPS) is 12.0. The highest BCUT2D eigenvalue weighted by atomic mass is 32.2. The lowest BCUT2D eigenvalue weighted by atomic mass is 10.1. The Labute approximate surface area is 232 Å². The molecule has 2 heterocycles. The van der Waals surface area contributed by atoms with Crippen LogP contribution in [0.2, 0.25) is 0 Å². The summed E-state index contributed by atoms with van der Waals surface area (Å²) in [6, 6.07) is 13.5. The quantitative estimate of drug-likeness (QED) is 0.112. The molecular weight excluding hydrogens is 532 g/mol. The van der Waals surface area contributed by atoms with E-state index in [0.717, 1.165) is 37.0 Å². The van der Waals surface area contributed by atoms with E-state index in [1.807, 2.05) is 29.0 Å². The maximum Gasteiger partial charge on any atom is 0.343 e. The maximum atomic E-state index is 12.8. The van der Waals surface area contributed by atoms with Gasteiger partial charge in [-0.25, -0.2) is 13.2 Å². The van der Waals surface area contributed by atoms with Crippen molar-refractivity contribution in [3.63, 3.8) is 0 Å². The highest BCUT2D eigenvalue weighted by molar-refractivity contribution is 7.85. The first-order valence-electron chi connectivity index (χ1n) is 13.3. The molecule has 0 radical (unpaired) electrons. The number of aryl methyl sites for hydroxylation is 1. The molecule has 0 spiro atoms. The van der Waals surface area contributed by atoms with Crippen molar-refractivity contribution in [1.82, 2.24) is 0 Å². The largest absolute Gasteiger partial charge is 0.744 e. The number of pyridine rings is 1. The molecule has 0 fully saturated rings. The summed E-state index contributed by atoms with van der Waals surface area (Å²) in [4.78, 5) is 25.4. The van der Waals surface area contributed by atoms with Crippen LogP contribution in [0.5, 0.6) is 0 Å². The number of hydrogen-bond acceptors (Lipinski definition) is 7. The summed E-state index contributed by atoms with van der Waals surface area (Å²) in [5, 5.41) is 10.1. The van der Waals surface area contributed by atoms with E-state index in [4.69, 9.17) is 9.52 Å². The van der Waals surface area contributed by atoms with E-state index in [1.54, 1.807) is 30.4 Å². The molecule has 0 bridgehead atoms. The lowest BCUT2D eigenvalue weighted by Gasteiger charge is -2.20. The van der Waals surface area contributed by atoms with Gasteiger partial charge >= 0.3 is 11.6 Å². The van der Waals surface area contributed by atoms with Crippen molar-refractivity contribution < 1.29 is 31.9 Å². The third-order valence-corrected chi connectivity index (χ3v) is 7.75. The monoisotopic (exact) mass is 564 g/mol. The van der Waals surface area contributed by atoms with Crippen LogP contribution in [0.25, 0.3) is 34.0 Å². The van der Waals surface area contributed by atoms with Gasteiger partial charge in [-0.15, -0.1) is 0 Å². The SMILES string of the molecule is CCN(CC)c1ccc2cc(/C=C/c3cc[n+](CCCCCC(=O)O)c4ccc(S(=O)(=O)[O-])cc34)c(=O)oc2c1. The highest BCUT2D eigenvalue weighted by Crippen LogP contribution is 2.24. The zero-order valence-corrected chi connectivity index (χ0v) is 23.3. The first-order valence-corrected chi connectivity index (χ1v) is 14.7. The van der Waals surface area contributed by atoms with E-state index in [-0.39, 0.29) is 11.3 Å². The van der Waals surface area contributed by atoms with Gasteiger partial charge in [0.2, 0.25) is 5.52 Å². The third-order valence-electron chi connectivity index (χ3n) is 6.92. The maximum absolute atomic E-state index is 12.8. The molecule has 2 aromatic carbocycles. The number of aromatic nitrogens is 1. The fourth-order valence-electron chi connectivity index (χ4n) is 4.77. The number of anilines is 1. The lowest BCUT2D eigenvalue weighted by molar-refractivity contribution is -0.671. The minimum atomic E-state index is -4.68. The molecule has 0 aliphatic heterocycles. The minimum Gasteiger partial charge on any atom is -0.744 e. The molecule has 0 amide bonds. The van der Waals surface area contributed by atoms with Crippen LogP contribution in [0.3, 0.4) is 0 Å². The van der Waals surface area contributed by atoms with Gasteiger partial charge in [-0.05, 0) is 68.7 Å². The number of carbonyl (C=O) groups is 1. The van der Waals surface area contributed by atoms with Crippen molar-refractivity contribution in [2.24, 2.45) is 0 Å². The second kappa shape index (κ2) is 12.4. The van der Waals surface area contributed by atoms with E-state index < -0.39 is 21.7 Å². The first-order chi connectivity index (χ1) is 19.1. The second-order valence-corrected chi connectivity index (χ2v) is 10.9. The molecule has 40 heavy (non-hydrogen) atoms. The number of nitrogens with zero attached hydrogens (tertiary/aromatic N) is 2. The van der Waals surface area contributed by atoms with E-state index in [2.05, 4.69) is 18.7 Å². The zero-order valence-electron chi connectivity index (χ0n) is 22.5. The summed E-state index contributed by atoms with van der Waals surface area (Å²) < 4.78 is 42.8. The number of unbranched alkanes of at least 4 members (excludes halogenated alkanes) is 2. The van der Waals surface area contributed by atoms with Crippen LogP contribution in [0.4, 0.5) is 5.69 Å². The Morgan fingerprint density at radius 1 is 1.00 bits per heavy atom. The van der Waals surface area contributed by atoms with Gasteiger partial charge in [-0.2, -0.15) is 4.57 Å². The van der Waals surface area contributed by atoms with E-state index in [0.29, 0.717) is 40.6 Å². The zero-order chi connectivity index (χ0) is 28.9. The fourth-order valence-corrected chi connectivity index (χ4v) is 5.26. The van der Waals surface area contributed by atoms with Gasteiger partial charge in [-0.3, -0.25) is 4.79 Å². The first kappa shape index (κ1) is 29.0. The smallest absolute Gasteiger partial charge is 0.343 e. The predicted octanol–water partition coefficient (Wildman–Crippen LogP) is 4.80. The number of carboxylic acid groups (broad SMARTS) is 1. The molecule has 0 saturated carbocycles. The van der Waals surface area contributed by atoms with Crippen molar-refractivity contribution in [2.75, 3.05) is 18.0 Å². The van der Waals surface area contributed by atoms with Gasteiger partial charge in [0, 0.05) is 55.2 Å². The van der Waals surface area contributed by atoms with Gasteiger partial charge in [0.25, 0.3) is 0 Å². The predicted molar refractivity (Wildman–Crippen MR) is 153 cm³/mol. The van der Waals surface area contributed by atoms with Crippen LogP contribution in [-0.2, 0) is 21.5 Å². The van der Waals surface area contributed by atoms with Gasteiger partial charge < -0.3 is 19.0 Å². The molecule has 4 aromatic rings. The van der Waals surface area contributed by atoms with Crippen molar-refractivity contribution >= 4 is 55.8 Å². The molecule has 0 aliphatic carbocycles. The molecule has 10 heteroatoms. The molecular formula is C30H32N2O7S. The molecule has 0 saturated heterocycles. The lowest BCUT2D eigenvalue weighted by Crippen LogP contribution is -2.34. The molecule has 9 nitrogen and oxygen atoms in total. The average Bonchev–Trinajstić information content (AvgIpc) is 2.92. The molecule has 0 atom stereocenters. The Morgan fingerprint density at radius 2 is 1.75 bits per heavy atom. The molecule has 4 rings (SSSR count). The van der Waals surface area contributed by atoms with Crippen LogP contribution >= 0.6 is 0 Å². The summed E-state index contributed by atoms with van der Waals surface area (Å²) in [5.74, 6) is -0.828. The summed E-state index contributed by atoms with van der Waals surface area (Å²) in [6.07, 6.45) is 7.30. The minimum absolute atomic E-state index is 0.111. The Kier molecular flexibility index (Phi) is 9.01. The van der Waals surface area contributed by atoms with Crippen LogP contribution in [0.1, 0.15) is 50.7 Å². The van der Waals surface area contributed by atoms with Crippen molar-refractivity contribution in [1.29, 1.82) is 0 Å². The van der Waals surface area contributed by atoms with Gasteiger partial charge in [0.1, 0.15) is 22.2 Å². The number of benzene rings is 2. The summed E-state index contributed by atoms with van der Waals surface area (Å²) in [6.45, 7) is 6.37. The Balaban J connectivity index is 1.69. The Bertz CT molecular complexity index is 1740. The van der Waals surface area contributed by atoms with E-state index in [1.165, 1.54) is 12.1 Å². The van der Waals surface area contributed by atoms with Crippen LogP contribution in [0, 0.1) is 0 Å². The molecule has 2 aromatic heterocycles. The van der Waals surface area contributed by atoms with Crippen molar-refractivity contribution in [3.05, 3.63) is 76.3 Å². The summed E-state index contributed by atoms with van der Waals surface area (Å²) >= 11 is 0. The molecule has 0 aliphatic rings. The third kappa shape index (κ3) is 6.75. The van der Waals surface area contributed by atoms with Crippen molar-refractivity contribution in [3.8, 4) is 0 Å². The molecule has 210 valence electrons. The van der Waals surface area contributed by atoms with E-state index in [9.17, 15) is 22.6 Å². The van der Waals surface area contributed by atoms with E-state index >= 15 is 0 Å². The number of hydrogen-bond donors (Lipinski definition) is 1. The van der Waals surface area contributed by atoms with Crippen LogP contribution in [0.15, 0.2) is 68.8 Å². The topological polar surface area (TPSA) is 132 Å². The molecule has 1 N–H and O–H groups in total. The highest BCUT2D eigenvalue weighted by Gasteiger charge is 2.15. The standard InChI is InChI=1S/C30H32N2O7S/c1-3-31(4-2)24-12-11-22-18-23(30(35)39-28(22)19-24)10-9-21-15-17-32(16-7-5-6-8-29(33)34)27-14-13-25(20-26(21)27)40(36,37)38/h9-15,17-20H,3-8,16H2,1-2H3,(H-,33,34,36,37,38). The average molecular weight is 565 g/mol. The van der Waals surface area contributed by atoms with Crippen LogP contribution in [-0.4, -0.2) is 37.1 Å². The molecule has 0 unspecified atom stereocenters. The number of fused-ring (bicyclic) bond motifs is 2. The number of carboxylic acids is 1. The Morgan fingerprint density at radius 3 is 2.45 bits per heavy atom. The number of rotatable bonds is 12. The fraction of sp³-hybridized carbons (Fsp3) is 0.300. The summed E-state index contributed by atoms with van der Waals surface area (Å²) in [5.41, 5.74) is 2.63. The van der Waals surface area contributed by atoms with Crippen molar-refractivity contribution in [2.45, 2.75) is 51.0 Å². The van der Waals surface area contributed by atoms with Gasteiger partial charge in [0.05, 0.1) is 15.8 Å². The summed E-state index contributed by atoms with van der Waals surface area (Å²) in [7, 11) is -4.68. The van der Waals surface area contributed by atoms with Gasteiger partial charge in [0.15, 0.2) is 6.20 Å². The second-order valence-electron chi connectivity index (χ2n) is 9.52.